The minimum absolute atomic E-state index is 0.313. The number of carbonyl (C=O) groups is 1. The molecule has 4 rings (SSSR count). The third-order valence-electron chi connectivity index (χ3n) is 7.33. The van der Waals surface area contributed by atoms with Gasteiger partial charge >= 0.3 is 0 Å². The van der Waals surface area contributed by atoms with E-state index in [2.05, 4.69) is 73.2 Å². The van der Waals surface area contributed by atoms with Crippen LogP contribution in [0.4, 0.5) is 0 Å². The number of nitrogens with two attached hydrogens (primary N) is 1. The molecule has 0 amide bonds. The van der Waals surface area contributed by atoms with Crippen molar-refractivity contribution in [1.82, 2.24) is 20.0 Å². The zero-order chi connectivity index (χ0) is 31.0. The van der Waals surface area contributed by atoms with Gasteiger partial charge in [-0.25, -0.2) is 0 Å². The third-order valence-corrected chi connectivity index (χ3v) is 7.33. The molecule has 1 heterocycles. The van der Waals surface area contributed by atoms with Crippen molar-refractivity contribution in [2.24, 2.45) is 5.73 Å². The van der Waals surface area contributed by atoms with Crippen molar-refractivity contribution >= 4 is 6.29 Å². The third kappa shape index (κ3) is 11.5. The first-order chi connectivity index (χ1) is 20.1. The van der Waals surface area contributed by atoms with Crippen LogP contribution in [0.15, 0.2) is 52.9 Å². The van der Waals surface area contributed by atoms with Gasteiger partial charge in [-0.1, -0.05) is 55.7 Å². The molecule has 0 spiro atoms. The first-order valence-electron chi connectivity index (χ1n) is 15.1. The number of aromatic nitrogens is 2. The van der Waals surface area contributed by atoms with E-state index in [4.69, 9.17) is 10.2 Å². The van der Waals surface area contributed by atoms with Gasteiger partial charge in [-0.2, -0.15) is 5.26 Å². The molecule has 1 fully saturated rings. The van der Waals surface area contributed by atoms with Crippen molar-refractivity contribution in [2.45, 2.75) is 77.2 Å². The van der Waals surface area contributed by atoms with Gasteiger partial charge in [0.05, 0.1) is 17.5 Å². The molecular formula is C34H50N6O2. The Kier molecular flexibility index (Phi) is 15.1. The Hall–Kier alpha value is -3.38. The number of benzene rings is 2. The highest BCUT2D eigenvalue weighted by molar-refractivity contribution is 5.78. The summed E-state index contributed by atoms with van der Waals surface area (Å²) in [4.78, 5) is 16.0. The number of nitrogens with zero attached hydrogens (tertiary/aromatic N) is 5. The Labute approximate surface area is 252 Å². The molecule has 1 aliphatic carbocycles. The van der Waals surface area contributed by atoms with Crippen molar-refractivity contribution in [3.63, 3.8) is 0 Å². The van der Waals surface area contributed by atoms with Crippen LogP contribution in [-0.2, 0) is 5.41 Å². The minimum atomic E-state index is -0.530. The predicted octanol–water partition coefficient (Wildman–Crippen LogP) is 6.57. The number of aldehydes is 1. The maximum absolute atomic E-state index is 11.3. The number of nitriles is 1. The van der Waals surface area contributed by atoms with Crippen LogP contribution in [0.1, 0.15) is 92.2 Å². The van der Waals surface area contributed by atoms with Crippen LogP contribution >= 0.6 is 0 Å². The summed E-state index contributed by atoms with van der Waals surface area (Å²) >= 11 is 0. The quantitative estimate of drug-likeness (QED) is 0.202. The number of hydrogen-bond donors (Lipinski definition) is 1. The zero-order valence-corrected chi connectivity index (χ0v) is 26.5. The average molecular weight is 575 g/mol. The molecule has 1 atom stereocenters. The maximum Gasteiger partial charge on any atom is 0.247 e. The second kappa shape index (κ2) is 18.2. The minimum Gasteiger partial charge on any atom is -0.419 e. The van der Waals surface area contributed by atoms with E-state index in [1.54, 1.807) is 19.1 Å². The van der Waals surface area contributed by atoms with Gasteiger partial charge in [-0.15, -0.1) is 10.2 Å². The van der Waals surface area contributed by atoms with Crippen molar-refractivity contribution in [2.75, 3.05) is 40.8 Å². The van der Waals surface area contributed by atoms with Crippen molar-refractivity contribution in [3.8, 4) is 17.5 Å². The van der Waals surface area contributed by atoms with Gasteiger partial charge in [0.1, 0.15) is 6.29 Å². The molecule has 0 saturated heterocycles. The molecule has 0 radical (unpaired) electrons. The van der Waals surface area contributed by atoms with Gasteiger partial charge in [-0.3, -0.25) is 4.79 Å². The molecule has 3 aromatic rings. The lowest BCUT2D eigenvalue weighted by Gasteiger charge is -2.21. The van der Waals surface area contributed by atoms with Crippen LogP contribution < -0.4 is 5.73 Å². The molecule has 2 aromatic carbocycles. The fourth-order valence-corrected chi connectivity index (χ4v) is 4.94. The fourth-order valence-electron chi connectivity index (χ4n) is 4.94. The first-order valence-corrected chi connectivity index (χ1v) is 15.1. The summed E-state index contributed by atoms with van der Waals surface area (Å²) in [6, 6.07) is 17.7. The van der Waals surface area contributed by atoms with E-state index in [0.717, 1.165) is 37.5 Å². The molecular weight excluding hydrogens is 524 g/mol. The summed E-state index contributed by atoms with van der Waals surface area (Å²) in [6.45, 7) is 9.79. The lowest BCUT2D eigenvalue weighted by atomic mass is 9.79. The fraction of sp³-hybridized carbons (Fsp3) is 0.529. The molecule has 42 heavy (non-hydrogen) atoms. The summed E-state index contributed by atoms with van der Waals surface area (Å²) in [5.74, 6) is 0.655. The standard InChI is InChI=1S/C17H18N4O2.C10H24N2.C7H8/c1-11(19)15-20-21-16(23-15)13-6-12(9-22)7-14(8-13)17(10-18)4-2-3-5-17;1-5-8-12(4)10-7-6-9-11(2)3;1-7-5-3-2-4-6-7/h6-9,11H,2-5,19H2,1H3;5-10H2,1-4H3;2-6H,1H3. The van der Waals surface area contributed by atoms with E-state index in [9.17, 15) is 10.1 Å². The predicted molar refractivity (Wildman–Crippen MR) is 170 cm³/mol. The van der Waals surface area contributed by atoms with Crippen molar-refractivity contribution in [1.29, 1.82) is 5.26 Å². The highest BCUT2D eigenvalue weighted by Gasteiger charge is 2.36. The summed E-state index contributed by atoms with van der Waals surface area (Å²) in [5, 5.41) is 17.6. The van der Waals surface area contributed by atoms with E-state index in [0.29, 0.717) is 22.9 Å². The molecule has 1 aliphatic rings. The smallest absolute Gasteiger partial charge is 0.247 e. The number of rotatable bonds is 11. The second-order valence-electron chi connectivity index (χ2n) is 11.6. The Balaban J connectivity index is 0.000000270. The zero-order valence-electron chi connectivity index (χ0n) is 26.5. The van der Waals surface area contributed by atoms with E-state index >= 15 is 0 Å². The van der Waals surface area contributed by atoms with Gasteiger partial charge in [0.15, 0.2) is 0 Å². The molecule has 1 saturated carbocycles. The highest BCUT2D eigenvalue weighted by Crippen LogP contribution is 2.42. The SMILES string of the molecule is CC(N)c1nnc(-c2cc(C=O)cc(C3(C#N)CCCC3)c2)o1.CCCN(C)CCCCN(C)C.Cc1ccccc1. The van der Waals surface area contributed by atoms with E-state index in [1.165, 1.54) is 44.5 Å². The first kappa shape index (κ1) is 34.8. The van der Waals surface area contributed by atoms with Crippen molar-refractivity contribution < 1.29 is 9.21 Å². The highest BCUT2D eigenvalue weighted by atomic mass is 16.4. The van der Waals surface area contributed by atoms with Crippen molar-refractivity contribution in [3.05, 3.63) is 71.1 Å². The van der Waals surface area contributed by atoms with Crippen LogP contribution in [0.2, 0.25) is 0 Å². The van der Waals surface area contributed by atoms with Crippen LogP contribution in [-0.4, -0.2) is 67.1 Å². The van der Waals surface area contributed by atoms with Gasteiger partial charge in [0, 0.05) is 11.1 Å². The van der Waals surface area contributed by atoms with Gasteiger partial charge in [-0.05, 0) is 110 Å². The molecule has 0 aliphatic heterocycles. The molecule has 2 N–H and O–H groups in total. The van der Waals surface area contributed by atoms with Crippen LogP contribution in [0.3, 0.4) is 0 Å². The van der Waals surface area contributed by atoms with Crippen LogP contribution in [0.5, 0.6) is 0 Å². The van der Waals surface area contributed by atoms with Gasteiger partial charge in [0.2, 0.25) is 11.8 Å². The molecule has 8 nitrogen and oxygen atoms in total. The molecule has 228 valence electrons. The summed E-state index contributed by atoms with van der Waals surface area (Å²) in [5.41, 5.74) is 8.52. The normalized spacial score (nSPS) is 14.4. The summed E-state index contributed by atoms with van der Waals surface area (Å²) in [7, 11) is 6.48. The number of hydrogen-bond acceptors (Lipinski definition) is 8. The molecule has 0 bridgehead atoms. The Bertz CT molecular complexity index is 1230. The second-order valence-corrected chi connectivity index (χ2v) is 11.6. The lowest BCUT2D eigenvalue weighted by molar-refractivity contribution is 0.112. The molecule has 8 heteroatoms. The molecule has 1 unspecified atom stereocenters. The van der Waals surface area contributed by atoms with Crippen LogP contribution in [0.25, 0.3) is 11.5 Å². The number of carbonyl (C=O) groups excluding carboxylic acids is 1. The monoisotopic (exact) mass is 574 g/mol. The Morgan fingerprint density at radius 2 is 1.71 bits per heavy atom. The largest absolute Gasteiger partial charge is 0.419 e. The Morgan fingerprint density at radius 1 is 1.05 bits per heavy atom. The van der Waals surface area contributed by atoms with E-state index in [-0.39, 0.29) is 6.04 Å². The average Bonchev–Trinajstić information content (AvgIpc) is 3.68. The lowest BCUT2D eigenvalue weighted by Crippen LogP contribution is -2.21. The topological polar surface area (TPSA) is 112 Å². The van der Waals surface area contributed by atoms with Gasteiger partial charge in [0.25, 0.3) is 0 Å². The number of unbranched alkanes of at least 4 members (excludes halogenated alkanes) is 1. The number of aryl methyl sites for hydroxylation is 1. The molecule has 1 aromatic heterocycles. The Morgan fingerprint density at radius 3 is 2.21 bits per heavy atom. The van der Waals surface area contributed by atoms with Crippen LogP contribution in [0, 0.1) is 18.3 Å². The maximum atomic E-state index is 11.3. The summed E-state index contributed by atoms with van der Waals surface area (Å²) < 4.78 is 5.57. The van der Waals surface area contributed by atoms with E-state index in [1.807, 2.05) is 24.3 Å². The summed E-state index contributed by atoms with van der Waals surface area (Å²) in [6.07, 6.45) is 8.34. The van der Waals surface area contributed by atoms with E-state index < -0.39 is 5.41 Å². The van der Waals surface area contributed by atoms with Gasteiger partial charge < -0.3 is 20.0 Å².